The van der Waals surface area contributed by atoms with Gasteiger partial charge < -0.3 is 5.32 Å². The summed E-state index contributed by atoms with van der Waals surface area (Å²) in [6.45, 7) is 0.482. The minimum absolute atomic E-state index is 0.0240. The fraction of sp³-hybridized carbons (Fsp3) is 0.158. The van der Waals surface area contributed by atoms with Crippen molar-refractivity contribution in [3.8, 4) is 10.6 Å². The number of hydrogen-bond donors (Lipinski definition) is 1. The van der Waals surface area contributed by atoms with Crippen LogP contribution in [-0.4, -0.2) is 10.9 Å². The molecule has 0 radical (unpaired) electrons. The van der Waals surface area contributed by atoms with Crippen molar-refractivity contribution in [3.63, 3.8) is 0 Å². The normalized spacial score (nSPS) is 10.5. The van der Waals surface area contributed by atoms with Crippen molar-refractivity contribution in [2.75, 3.05) is 0 Å². The molecule has 0 aliphatic rings. The molecule has 0 spiro atoms. The molecule has 122 valence electrons. The second-order valence-corrected chi connectivity index (χ2v) is 6.78. The van der Waals surface area contributed by atoms with Crippen molar-refractivity contribution < 1.29 is 4.79 Å². The van der Waals surface area contributed by atoms with Crippen molar-refractivity contribution >= 4 is 28.8 Å². The van der Waals surface area contributed by atoms with Crippen LogP contribution >= 0.6 is 22.9 Å². The molecule has 0 bridgehead atoms. The van der Waals surface area contributed by atoms with E-state index in [-0.39, 0.29) is 5.91 Å². The number of nitrogens with one attached hydrogen (secondary N) is 1. The smallest absolute Gasteiger partial charge is 0.220 e. The molecule has 0 atom stereocenters. The van der Waals surface area contributed by atoms with Gasteiger partial charge in [0.1, 0.15) is 0 Å². The molecule has 24 heavy (non-hydrogen) atoms. The van der Waals surface area contributed by atoms with Gasteiger partial charge >= 0.3 is 0 Å². The highest BCUT2D eigenvalue weighted by atomic mass is 35.5. The molecule has 3 aromatic rings. The number of nitrogens with zero attached hydrogens (tertiary/aromatic N) is 1. The summed E-state index contributed by atoms with van der Waals surface area (Å²) in [7, 11) is 0. The average molecular weight is 357 g/mol. The minimum Gasteiger partial charge on any atom is -0.352 e. The number of thiophene rings is 1. The lowest BCUT2D eigenvalue weighted by molar-refractivity contribution is -0.121. The second kappa shape index (κ2) is 8.08. The molecule has 2 aromatic heterocycles. The predicted octanol–water partition coefficient (Wildman–Crippen LogP) is 4.71. The quantitative estimate of drug-likeness (QED) is 0.694. The number of amides is 1. The van der Waals surface area contributed by atoms with Gasteiger partial charge in [-0.15, -0.1) is 11.3 Å². The van der Waals surface area contributed by atoms with Crippen LogP contribution in [0.4, 0.5) is 0 Å². The van der Waals surface area contributed by atoms with Crippen LogP contribution in [-0.2, 0) is 17.8 Å². The minimum atomic E-state index is 0.0240. The maximum Gasteiger partial charge on any atom is 0.220 e. The molecule has 5 heteroatoms. The van der Waals surface area contributed by atoms with Gasteiger partial charge in [-0.2, -0.15) is 0 Å². The van der Waals surface area contributed by atoms with Crippen LogP contribution in [0.5, 0.6) is 0 Å². The van der Waals surface area contributed by atoms with Gasteiger partial charge in [-0.3, -0.25) is 9.78 Å². The lowest BCUT2D eigenvalue weighted by atomic mass is 10.1. The Hall–Kier alpha value is -2.17. The molecule has 0 aliphatic heterocycles. The standard InChI is InChI=1S/C19H17ClN2OS/c20-16-6-1-4-14(12-16)8-9-18(23)22-13-15-5-2-10-21-19(15)17-7-3-11-24-17/h1-7,10-12H,8-9,13H2,(H,22,23). The third-order valence-electron chi connectivity index (χ3n) is 3.65. The Balaban J connectivity index is 1.57. The van der Waals surface area contributed by atoms with Crippen molar-refractivity contribution in [3.05, 3.63) is 76.3 Å². The predicted molar refractivity (Wildman–Crippen MR) is 99.2 cm³/mol. The SMILES string of the molecule is O=C(CCc1cccc(Cl)c1)NCc1cccnc1-c1cccs1. The summed E-state index contributed by atoms with van der Waals surface area (Å²) in [5.41, 5.74) is 3.02. The zero-order valence-corrected chi connectivity index (χ0v) is 14.6. The third-order valence-corrected chi connectivity index (χ3v) is 4.76. The summed E-state index contributed by atoms with van der Waals surface area (Å²) in [5, 5.41) is 5.70. The van der Waals surface area contributed by atoms with Gasteiger partial charge in [0.15, 0.2) is 0 Å². The second-order valence-electron chi connectivity index (χ2n) is 5.40. The molecule has 0 saturated carbocycles. The summed E-state index contributed by atoms with van der Waals surface area (Å²) < 4.78 is 0. The van der Waals surface area contributed by atoms with E-state index in [2.05, 4.69) is 10.3 Å². The first-order valence-corrected chi connectivity index (χ1v) is 8.97. The summed E-state index contributed by atoms with van der Waals surface area (Å²) in [5.74, 6) is 0.0240. The maximum atomic E-state index is 12.1. The molecule has 0 aliphatic carbocycles. The molecule has 0 saturated heterocycles. The third kappa shape index (κ3) is 4.43. The van der Waals surface area contributed by atoms with Crippen molar-refractivity contribution in [1.82, 2.24) is 10.3 Å². The van der Waals surface area contributed by atoms with Crippen LogP contribution in [0.15, 0.2) is 60.1 Å². The van der Waals surface area contributed by atoms with Crippen LogP contribution in [0.1, 0.15) is 17.5 Å². The molecular formula is C19H17ClN2OS. The Kier molecular flexibility index (Phi) is 5.62. The number of carbonyl (C=O) groups is 1. The summed E-state index contributed by atoms with van der Waals surface area (Å²) in [4.78, 5) is 17.7. The number of rotatable bonds is 6. The number of benzene rings is 1. The fourth-order valence-electron chi connectivity index (χ4n) is 2.45. The Morgan fingerprint density at radius 2 is 2.08 bits per heavy atom. The van der Waals surface area contributed by atoms with Gasteiger partial charge in [0.05, 0.1) is 10.6 Å². The number of pyridine rings is 1. The van der Waals surface area contributed by atoms with Crippen molar-refractivity contribution in [2.24, 2.45) is 0 Å². The Morgan fingerprint density at radius 3 is 2.88 bits per heavy atom. The molecule has 1 N–H and O–H groups in total. The molecule has 1 amide bonds. The van der Waals surface area contributed by atoms with E-state index in [9.17, 15) is 4.79 Å². The number of halogens is 1. The monoisotopic (exact) mass is 356 g/mol. The number of aryl methyl sites for hydroxylation is 1. The number of hydrogen-bond acceptors (Lipinski definition) is 3. The first-order valence-electron chi connectivity index (χ1n) is 7.71. The highest BCUT2D eigenvalue weighted by Crippen LogP contribution is 2.25. The van der Waals surface area contributed by atoms with E-state index in [0.717, 1.165) is 21.7 Å². The topological polar surface area (TPSA) is 42.0 Å². The van der Waals surface area contributed by atoms with Crippen LogP contribution < -0.4 is 5.32 Å². The number of aromatic nitrogens is 1. The summed E-state index contributed by atoms with van der Waals surface area (Å²) >= 11 is 7.61. The molecule has 2 heterocycles. The summed E-state index contributed by atoms with van der Waals surface area (Å²) in [6, 6.07) is 15.5. The lowest BCUT2D eigenvalue weighted by Crippen LogP contribution is -2.23. The Morgan fingerprint density at radius 1 is 1.17 bits per heavy atom. The Bertz CT molecular complexity index is 818. The van der Waals surface area contributed by atoms with E-state index in [4.69, 9.17) is 11.6 Å². The summed E-state index contributed by atoms with van der Waals surface area (Å²) in [6.07, 6.45) is 2.89. The first kappa shape index (κ1) is 16.7. The molecule has 3 rings (SSSR count). The van der Waals surface area contributed by atoms with Gasteiger partial charge in [-0.1, -0.05) is 35.9 Å². The number of carbonyl (C=O) groups excluding carboxylic acids is 1. The molecule has 0 fully saturated rings. The molecule has 3 nitrogen and oxygen atoms in total. The van der Waals surface area contributed by atoms with Crippen molar-refractivity contribution in [2.45, 2.75) is 19.4 Å². The van der Waals surface area contributed by atoms with E-state index < -0.39 is 0 Å². The zero-order chi connectivity index (χ0) is 16.8. The van der Waals surface area contributed by atoms with E-state index in [1.165, 1.54) is 0 Å². The van der Waals surface area contributed by atoms with Gasteiger partial charge in [-0.05, 0) is 47.2 Å². The van der Waals surface area contributed by atoms with E-state index >= 15 is 0 Å². The van der Waals surface area contributed by atoms with E-state index in [1.54, 1.807) is 17.5 Å². The molecular weight excluding hydrogens is 340 g/mol. The highest BCUT2D eigenvalue weighted by molar-refractivity contribution is 7.13. The van der Waals surface area contributed by atoms with Crippen LogP contribution in [0.25, 0.3) is 10.6 Å². The first-order chi connectivity index (χ1) is 11.7. The van der Waals surface area contributed by atoms with Crippen LogP contribution in [0.2, 0.25) is 5.02 Å². The molecule has 0 unspecified atom stereocenters. The van der Waals surface area contributed by atoms with Crippen LogP contribution in [0, 0.1) is 0 Å². The van der Waals surface area contributed by atoms with E-state index in [1.807, 2.05) is 53.9 Å². The zero-order valence-electron chi connectivity index (χ0n) is 13.0. The van der Waals surface area contributed by atoms with Crippen LogP contribution in [0.3, 0.4) is 0 Å². The maximum absolute atomic E-state index is 12.1. The average Bonchev–Trinajstić information content (AvgIpc) is 3.13. The van der Waals surface area contributed by atoms with E-state index in [0.29, 0.717) is 24.4 Å². The fourth-order valence-corrected chi connectivity index (χ4v) is 3.42. The lowest BCUT2D eigenvalue weighted by Gasteiger charge is -2.09. The molecule has 1 aromatic carbocycles. The Labute approximate surface area is 150 Å². The highest BCUT2D eigenvalue weighted by Gasteiger charge is 2.09. The van der Waals surface area contributed by atoms with Crippen molar-refractivity contribution in [1.29, 1.82) is 0 Å². The largest absolute Gasteiger partial charge is 0.352 e. The van der Waals surface area contributed by atoms with Gasteiger partial charge in [0, 0.05) is 24.2 Å². The van der Waals surface area contributed by atoms with Gasteiger partial charge in [0.25, 0.3) is 0 Å². The van der Waals surface area contributed by atoms with Gasteiger partial charge in [-0.25, -0.2) is 0 Å². The van der Waals surface area contributed by atoms with Gasteiger partial charge in [0.2, 0.25) is 5.91 Å².